The number of para-hydroxylation sites is 1. The highest BCUT2D eigenvalue weighted by atomic mass is 14.9. The van der Waals surface area contributed by atoms with Gasteiger partial charge in [-0.25, -0.2) is 0 Å². The van der Waals surface area contributed by atoms with Crippen molar-refractivity contribution in [1.29, 1.82) is 0 Å². The molecule has 0 spiro atoms. The molecule has 0 aliphatic rings. The first-order valence-electron chi connectivity index (χ1n) is 9.30. The standard InChI is InChI=1S/C24H32N2/c1-19(26-21-15-11-8-12-16-21)22(20-13-9-7-10-14-20)17-25-24(5,6)18-23(2,3)4/h7-17,26H,18H2,1-6H3. The second-order valence-corrected chi connectivity index (χ2v) is 8.70. The molecular formula is C24H32N2. The number of benzene rings is 2. The number of rotatable bonds is 6. The molecular weight excluding hydrogens is 316 g/mol. The van der Waals surface area contributed by atoms with Gasteiger partial charge in [-0.1, -0.05) is 69.3 Å². The van der Waals surface area contributed by atoms with Crippen LogP contribution in [-0.4, -0.2) is 11.8 Å². The molecule has 0 amide bonds. The number of hydrogen-bond donors (Lipinski definition) is 1. The monoisotopic (exact) mass is 348 g/mol. The van der Waals surface area contributed by atoms with Gasteiger partial charge in [0.1, 0.15) is 0 Å². The lowest BCUT2D eigenvalue weighted by atomic mass is 9.82. The zero-order valence-electron chi connectivity index (χ0n) is 17.0. The van der Waals surface area contributed by atoms with Crippen LogP contribution in [0.5, 0.6) is 0 Å². The molecule has 0 radical (unpaired) electrons. The zero-order chi connectivity index (χ0) is 19.2. The van der Waals surface area contributed by atoms with Crippen LogP contribution in [0, 0.1) is 5.41 Å². The van der Waals surface area contributed by atoms with Crippen molar-refractivity contribution in [3.8, 4) is 0 Å². The van der Waals surface area contributed by atoms with Crippen LogP contribution in [0.2, 0.25) is 0 Å². The lowest BCUT2D eigenvalue weighted by Crippen LogP contribution is -2.25. The van der Waals surface area contributed by atoms with Gasteiger partial charge in [0.15, 0.2) is 0 Å². The fourth-order valence-corrected chi connectivity index (χ4v) is 3.39. The van der Waals surface area contributed by atoms with Crippen LogP contribution in [0.1, 0.15) is 53.5 Å². The van der Waals surface area contributed by atoms with E-state index < -0.39 is 0 Å². The van der Waals surface area contributed by atoms with Crippen LogP contribution in [0.4, 0.5) is 5.69 Å². The number of anilines is 1. The SMILES string of the molecule is CC(Nc1ccccc1)=C(C=NC(C)(C)CC(C)(C)C)c1ccccc1. The Hall–Kier alpha value is -2.35. The van der Waals surface area contributed by atoms with Gasteiger partial charge in [0.2, 0.25) is 0 Å². The predicted molar refractivity (Wildman–Crippen MR) is 116 cm³/mol. The quantitative estimate of drug-likeness (QED) is 0.569. The highest BCUT2D eigenvalue weighted by Gasteiger charge is 2.24. The number of aliphatic imine (C=N–C) groups is 1. The highest BCUT2D eigenvalue weighted by Crippen LogP contribution is 2.30. The van der Waals surface area contributed by atoms with Crippen LogP contribution in [-0.2, 0) is 0 Å². The summed E-state index contributed by atoms with van der Waals surface area (Å²) in [5.74, 6) is 0. The minimum Gasteiger partial charge on any atom is -0.359 e. The average molecular weight is 349 g/mol. The fourth-order valence-electron chi connectivity index (χ4n) is 3.39. The Labute approximate surface area is 159 Å². The van der Waals surface area contributed by atoms with Crippen molar-refractivity contribution in [2.45, 2.75) is 53.5 Å². The molecule has 2 aromatic carbocycles. The summed E-state index contributed by atoms with van der Waals surface area (Å²) in [4.78, 5) is 4.96. The van der Waals surface area contributed by atoms with Gasteiger partial charge in [0.05, 0.1) is 5.54 Å². The smallest absolute Gasteiger partial charge is 0.0557 e. The van der Waals surface area contributed by atoms with Crippen molar-refractivity contribution in [2.24, 2.45) is 10.4 Å². The topological polar surface area (TPSA) is 24.4 Å². The van der Waals surface area contributed by atoms with E-state index in [1.807, 2.05) is 30.5 Å². The van der Waals surface area contributed by atoms with Crippen LogP contribution >= 0.6 is 0 Å². The van der Waals surface area contributed by atoms with Gasteiger partial charge >= 0.3 is 0 Å². The molecule has 1 N–H and O–H groups in total. The van der Waals surface area contributed by atoms with Crippen molar-refractivity contribution in [1.82, 2.24) is 0 Å². The first-order chi connectivity index (χ1) is 12.2. The molecule has 26 heavy (non-hydrogen) atoms. The van der Waals surface area contributed by atoms with Gasteiger partial charge in [-0.05, 0) is 50.3 Å². The lowest BCUT2D eigenvalue weighted by molar-refractivity contribution is 0.289. The minimum absolute atomic E-state index is 0.106. The molecule has 0 unspecified atom stereocenters. The number of hydrogen-bond acceptors (Lipinski definition) is 2. The maximum Gasteiger partial charge on any atom is 0.0557 e. The van der Waals surface area contributed by atoms with Crippen molar-refractivity contribution in [3.05, 3.63) is 71.9 Å². The van der Waals surface area contributed by atoms with Crippen LogP contribution in [0.25, 0.3) is 5.57 Å². The van der Waals surface area contributed by atoms with Crippen molar-refractivity contribution >= 4 is 17.5 Å². The van der Waals surface area contributed by atoms with E-state index in [4.69, 9.17) is 4.99 Å². The zero-order valence-corrected chi connectivity index (χ0v) is 17.0. The summed E-state index contributed by atoms with van der Waals surface area (Å²) >= 11 is 0. The third-order valence-corrected chi connectivity index (χ3v) is 4.10. The third-order valence-electron chi connectivity index (χ3n) is 4.10. The van der Waals surface area contributed by atoms with Crippen LogP contribution in [0.15, 0.2) is 71.4 Å². The van der Waals surface area contributed by atoms with E-state index in [1.54, 1.807) is 0 Å². The van der Waals surface area contributed by atoms with E-state index in [2.05, 4.69) is 83.3 Å². The molecule has 0 saturated carbocycles. The number of allylic oxidation sites excluding steroid dienone is 2. The second kappa shape index (κ2) is 8.35. The molecule has 0 aliphatic carbocycles. The van der Waals surface area contributed by atoms with Gasteiger partial charge in [0, 0.05) is 23.2 Å². The summed E-state index contributed by atoms with van der Waals surface area (Å²) in [5.41, 5.74) is 4.61. The average Bonchev–Trinajstić information content (AvgIpc) is 2.54. The Bertz CT molecular complexity index is 748. The highest BCUT2D eigenvalue weighted by molar-refractivity contribution is 6.11. The lowest BCUT2D eigenvalue weighted by Gasteiger charge is -2.29. The Kier molecular flexibility index (Phi) is 6.42. The van der Waals surface area contributed by atoms with Crippen LogP contribution in [0.3, 0.4) is 0 Å². The molecule has 0 aliphatic heterocycles. The minimum atomic E-state index is -0.106. The second-order valence-electron chi connectivity index (χ2n) is 8.70. The first-order valence-corrected chi connectivity index (χ1v) is 9.30. The molecule has 2 nitrogen and oxygen atoms in total. The molecule has 2 heteroatoms. The normalized spacial score (nSPS) is 13.6. The summed E-state index contributed by atoms with van der Waals surface area (Å²) in [5, 5.41) is 3.51. The molecule has 0 atom stereocenters. The molecule has 0 heterocycles. The van der Waals surface area contributed by atoms with E-state index in [0.717, 1.165) is 23.4 Å². The van der Waals surface area contributed by atoms with Gasteiger partial charge in [0.25, 0.3) is 0 Å². The Balaban J connectivity index is 2.36. The summed E-state index contributed by atoms with van der Waals surface area (Å²) in [6.07, 6.45) is 3.07. The first kappa shape index (κ1) is 20.0. The van der Waals surface area contributed by atoms with E-state index in [-0.39, 0.29) is 11.0 Å². The summed E-state index contributed by atoms with van der Waals surface area (Å²) in [7, 11) is 0. The van der Waals surface area contributed by atoms with Gasteiger partial charge < -0.3 is 5.32 Å². The van der Waals surface area contributed by atoms with Gasteiger partial charge in [-0.2, -0.15) is 0 Å². The van der Waals surface area contributed by atoms with Crippen molar-refractivity contribution in [3.63, 3.8) is 0 Å². The third kappa shape index (κ3) is 6.51. The Morgan fingerprint density at radius 3 is 1.96 bits per heavy atom. The van der Waals surface area contributed by atoms with Crippen molar-refractivity contribution < 1.29 is 0 Å². The number of nitrogens with zero attached hydrogens (tertiary/aromatic N) is 1. The summed E-state index contributed by atoms with van der Waals surface area (Å²) < 4.78 is 0. The number of nitrogens with one attached hydrogen (secondary N) is 1. The molecule has 2 rings (SSSR count). The molecule has 0 aromatic heterocycles. The fraction of sp³-hybridized carbons (Fsp3) is 0.375. The maximum absolute atomic E-state index is 4.96. The van der Waals surface area contributed by atoms with Gasteiger partial charge in [-0.3, -0.25) is 4.99 Å². The van der Waals surface area contributed by atoms with Crippen molar-refractivity contribution in [2.75, 3.05) is 5.32 Å². The maximum atomic E-state index is 4.96. The molecule has 0 fully saturated rings. The van der Waals surface area contributed by atoms with E-state index in [9.17, 15) is 0 Å². The van der Waals surface area contributed by atoms with Crippen LogP contribution < -0.4 is 5.32 Å². The largest absolute Gasteiger partial charge is 0.359 e. The summed E-state index contributed by atoms with van der Waals surface area (Å²) in [6, 6.07) is 20.7. The van der Waals surface area contributed by atoms with E-state index >= 15 is 0 Å². The Morgan fingerprint density at radius 1 is 0.885 bits per heavy atom. The molecule has 138 valence electrons. The molecule has 0 saturated heterocycles. The predicted octanol–water partition coefficient (Wildman–Crippen LogP) is 6.82. The Morgan fingerprint density at radius 2 is 1.42 bits per heavy atom. The molecule has 0 bridgehead atoms. The van der Waals surface area contributed by atoms with E-state index in [0.29, 0.717) is 0 Å². The van der Waals surface area contributed by atoms with Gasteiger partial charge in [-0.15, -0.1) is 0 Å². The van der Waals surface area contributed by atoms with E-state index in [1.165, 1.54) is 5.56 Å². The summed E-state index contributed by atoms with van der Waals surface area (Å²) in [6.45, 7) is 13.3. The molecule has 2 aromatic rings.